The van der Waals surface area contributed by atoms with Crippen LogP contribution in [0.15, 0.2) is 11.1 Å². The van der Waals surface area contributed by atoms with E-state index >= 15 is 0 Å². The molecule has 0 bridgehead atoms. The molecule has 1 rings (SSSR count). The Hall–Kier alpha value is -1.71. The van der Waals surface area contributed by atoms with Gasteiger partial charge in [0.05, 0.1) is 0 Å². The topological polar surface area (TPSA) is 125 Å². The van der Waals surface area contributed by atoms with Crippen LogP contribution in [0.4, 0.5) is 0 Å². The van der Waals surface area contributed by atoms with Crippen molar-refractivity contribution >= 4 is 15.9 Å². The van der Waals surface area contributed by atoms with E-state index in [1.807, 2.05) is 0 Å². The Balaban J connectivity index is 3.12. The molecule has 0 unspecified atom stereocenters. The largest absolute Gasteiger partial charge is 0.509 e. The summed E-state index contributed by atoms with van der Waals surface area (Å²) >= 11 is 2.82. The third kappa shape index (κ3) is 2.16. The first-order chi connectivity index (χ1) is 6.52. The molecule has 1 heterocycles. The number of nitro groups is 2. The van der Waals surface area contributed by atoms with Gasteiger partial charge in [-0.2, -0.15) is 4.98 Å². The van der Waals surface area contributed by atoms with Crippen molar-refractivity contribution in [1.82, 2.24) is 15.0 Å². The minimum Gasteiger partial charge on any atom is -0.258 e. The summed E-state index contributed by atoms with van der Waals surface area (Å²) in [5.41, 5.74) is 0. The van der Waals surface area contributed by atoms with E-state index in [0.717, 1.165) is 6.33 Å². The van der Waals surface area contributed by atoms with Crippen molar-refractivity contribution in [2.75, 3.05) is 0 Å². The fourth-order valence-electron chi connectivity index (χ4n) is 0.678. The van der Waals surface area contributed by atoms with Gasteiger partial charge in [-0.05, 0) is 15.9 Å². The molecule has 0 saturated carbocycles. The minimum atomic E-state index is -2.16. The van der Waals surface area contributed by atoms with Crippen LogP contribution in [-0.4, -0.2) is 24.8 Å². The summed E-state index contributed by atoms with van der Waals surface area (Å²) in [5, 5.41) is 20.6. The van der Waals surface area contributed by atoms with Gasteiger partial charge in [-0.3, -0.25) is 20.2 Å². The smallest absolute Gasteiger partial charge is 0.258 e. The van der Waals surface area contributed by atoms with Crippen LogP contribution in [0.1, 0.15) is 12.0 Å². The molecule has 0 spiro atoms. The van der Waals surface area contributed by atoms with E-state index in [4.69, 9.17) is 0 Å². The van der Waals surface area contributed by atoms with Crippen molar-refractivity contribution in [2.45, 2.75) is 6.17 Å². The highest BCUT2D eigenvalue weighted by molar-refractivity contribution is 9.10. The Labute approximate surface area is 84.6 Å². The molecular formula is C4H2BrN5O4. The highest BCUT2D eigenvalue weighted by atomic mass is 79.9. The van der Waals surface area contributed by atoms with Gasteiger partial charge in [-0.15, -0.1) is 0 Å². The molecule has 1 aromatic heterocycles. The van der Waals surface area contributed by atoms with Crippen molar-refractivity contribution in [3.05, 3.63) is 37.1 Å². The van der Waals surface area contributed by atoms with Crippen LogP contribution in [0.25, 0.3) is 0 Å². The summed E-state index contributed by atoms with van der Waals surface area (Å²) in [6.45, 7) is 0. The van der Waals surface area contributed by atoms with Crippen LogP contribution in [0, 0.1) is 20.2 Å². The normalized spacial score (nSPS) is 10.1. The molecule has 0 aliphatic heterocycles. The molecule has 0 fully saturated rings. The van der Waals surface area contributed by atoms with E-state index in [-0.39, 0.29) is 4.73 Å². The lowest BCUT2D eigenvalue weighted by Crippen LogP contribution is -2.22. The molecule has 0 aliphatic rings. The highest BCUT2D eigenvalue weighted by Gasteiger charge is 2.38. The molecule has 0 atom stereocenters. The fraction of sp³-hybridized carbons (Fsp3) is 0.250. The fourth-order valence-corrected chi connectivity index (χ4v) is 0.951. The zero-order chi connectivity index (χ0) is 10.7. The average Bonchev–Trinajstić information content (AvgIpc) is 2.02. The maximum absolute atomic E-state index is 10.3. The van der Waals surface area contributed by atoms with Crippen molar-refractivity contribution in [1.29, 1.82) is 0 Å². The van der Waals surface area contributed by atoms with Crippen molar-refractivity contribution in [3.63, 3.8) is 0 Å². The van der Waals surface area contributed by atoms with E-state index in [2.05, 4.69) is 30.9 Å². The van der Waals surface area contributed by atoms with Crippen molar-refractivity contribution in [3.8, 4) is 0 Å². The SMILES string of the molecule is O=[N+]([O-])C(c1ncnc(Br)n1)[N+](=O)[O-]. The van der Waals surface area contributed by atoms with Gasteiger partial charge in [-0.1, -0.05) is 0 Å². The monoisotopic (exact) mass is 263 g/mol. The molecule has 10 heteroatoms. The quantitative estimate of drug-likeness (QED) is 0.433. The molecule has 74 valence electrons. The summed E-state index contributed by atoms with van der Waals surface area (Å²) in [6, 6.07) is 0. The summed E-state index contributed by atoms with van der Waals surface area (Å²) < 4.78 is 0.0104. The summed E-state index contributed by atoms with van der Waals surface area (Å²) in [5.74, 6) is -0.512. The highest BCUT2D eigenvalue weighted by Crippen LogP contribution is 2.12. The van der Waals surface area contributed by atoms with Crippen LogP contribution in [0.2, 0.25) is 0 Å². The predicted molar refractivity (Wildman–Crippen MR) is 44.3 cm³/mol. The summed E-state index contributed by atoms with van der Waals surface area (Å²) in [4.78, 5) is 28.7. The lowest BCUT2D eigenvalue weighted by molar-refractivity contribution is -0.754. The molecule has 1 aromatic rings. The number of aromatic nitrogens is 3. The van der Waals surface area contributed by atoms with Gasteiger partial charge in [0.15, 0.2) is 4.73 Å². The lowest BCUT2D eigenvalue weighted by atomic mass is 10.5. The first-order valence-electron chi connectivity index (χ1n) is 3.14. The zero-order valence-corrected chi connectivity index (χ0v) is 7.99. The maximum atomic E-state index is 10.3. The first-order valence-corrected chi connectivity index (χ1v) is 3.93. The molecule has 14 heavy (non-hydrogen) atoms. The van der Waals surface area contributed by atoms with Gasteiger partial charge in [0.2, 0.25) is 0 Å². The molecular weight excluding hydrogens is 262 g/mol. The van der Waals surface area contributed by atoms with E-state index in [1.54, 1.807) is 0 Å². The second-order valence-electron chi connectivity index (χ2n) is 2.06. The third-order valence-corrected chi connectivity index (χ3v) is 1.57. The van der Waals surface area contributed by atoms with Crippen LogP contribution in [0.3, 0.4) is 0 Å². The van der Waals surface area contributed by atoms with Gasteiger partial charge in [-0.25, -0.2) is 9.97 Å². The van der Waals surface area contributed by atoms with Crippen LogP contribution >= 0.6 is 15.9 Å². The number of nitrogens with zero attached hydrogens (tertiary/aromatic N) is 5. The van der Waals surface area contributed by atoms with Crippen LogP contribution < -0.4 is 0 Å². The van der Waals surface area contributed by atoms with Crippen molar-refractivity contribution in [2.24, 2.45) is 0 Å². The molecule has 0 aromatic carbocycles. The van der Waals surface area contributed by atoms with E-state index < -0.39 is 21.8 Å². The molecule has 0 radical (unpaired) electrons. The van der Waals surface area contributed by atoms with E-state index in [1.165, 1.54) is 0 Å². The number of hydrogen-bond donors (Lipinski definition) is 0. The second-order valence-corrected chi connectivity index (χ2v) is 2.77. The standard InChI is InChI=1S/C4H2BrN5O4/c5-4-7-1-6-2(8-4)3(9(11)12)10(13)14/h1,3H. The summed E-state index contributed by atoms with van der Waals surface area (Å²) in [7, 11) is 0. The lowest BCUT2D eigenvalue weighted by Gasteiger charge is -1.99. The molecule has 0 saturated heterocycles. The van der Waals surface area contributed by atoms with E-state index in [0.29, 0.717) is 0 Å². The minimum absolute atomic E-state index is 0.0104. The van der Waals surface area contributed by atoms with Gasteiger partial charge < -0.3 is 0 Å². The van der Waals surface area contributed by atoms with Crippen LogP contribution in [-0.2, 0) is 0 Å². The average molecular weight is 264 g/mol. The molecule has 0 amide bonds. The van der Waals surface area contributed by atoms with Gasteiger partial charge in [0.1, 0.15) is 16.2 Å². The van der Waals surface area contributed by atoms with Gasteiger partial charge >= 0.3 is 6.17 Å². The Bertz CT molecular complexity index is 370. The van der Waals surface area contributed by atoms with Crippen LogP contribution in [0.5, 0.6) is 0 Å². The van der Waals surface area contributed by atoms with Gasteiger partial charge in [0, 0.05) is 0 Å². The molecule has 9 nitrogen and oxygen atoms in total. The molecule has 0 N–H and O–H groups in total. The number of halogens is 1. The third-order valence-electron chi connectivity index (χ3n) is 1.19. The molecule has 0 aliphatic carbocycles. The zero-order valence-electron chi connectivity index (χ0n) is 6.40. The predicted octanol–water partition coefficient (Wildman–Crippen LogP) is 0.186. The van der Waals surface area contributed by atoms with Crippen molar-refractivity contribution < 1.29 is 9.85 Å². The first kappa shape index (κ1) is 10.4. The Morgan fingerprint density at radius 2 is 1.86 bits per heavy atom. The Morgan fingerprint density at radius 1 is 1.29 bits per heavy atom. The number of rotatable bonds is 3. The Kier molecular flexibility index (Phi) is 2.96. The maximum Gasteiger partial charge on any atom is 0.509 e. The Morgan fingerprint density at radius 3 is 2.29 bits per heavy atom. The second kappa shape index (κ2) is 4.00. The van der Waals surface area contributed by atoms with Gasteiger partial charge in [0.25, 0.3) is 5.82 Å². The summed E-state index contributed by atoms with van der Waals surface area (Å²) in [6.07, 6.45) is -1.21. The van der Waals surface area contributed by atoms with E-state index in [9.17, 15) is 20.2 Å². The number of hydrogen-bond acceptors (Lipinski definition) is 7.